The summed E-state index contributed by atoms with van der Waals surface area (Å²) in [6, 6.07) is 4.72. The largest absolute Gasteiger partial charge is 0.464 e. The zero-order chi connectivity index (χ0) is 55.8. The van der Waals surface area contributed by atoms with Gasteiger partial charge in [-0.15, -0.1) is 0 Å². The lowest BCUT2D eigenvalue weighted by molar-refractivity contribution is -0.156. The number of amides is 4. The number of halogens is 4. The molecule has 7 rings (SSSR count). The summed E-state index contributed by atoms with van der Waals surface area (Å²) in [4.78, 5) is 84.2. The van der Waals surface area contributed by atoms with Gasteiger partial charge in [0.05, 0.1) is 29.6 Å². The molecule has 3 aliphatic rings. The molecule has 2 fully saturated rings. The molecule has 18 nitrogen and oxygen atoms in total. The SMILES string of the molecule is CO[C@@H](C)c1ncccc1-c1c2c3cc(ccc3n1CC(F)(F)F)-c1nc(nn1C)C[C@H](NC(=O)C(C(C)C)N(C)C(=O)C1(F)CCN(C(=O)C#CC(C)(C)N(C)C)CC1)C(=O)N1CCC[C@H](N1)C(=O)OCC(C)(C)C2. The quantitative estimate of drug-likeness (QED) is 0.114. The first-order valence-electron chi connectivity index (χ1n) is 25.6. The summed E-state index contributed by atoms with van der Waals surface area (Å²) >= 11 is 0. The lowest BCUT2D eigenvalue weighted by Crippen LogP contribution is -2.63. The van der Waals surface area contributed by atoms with Crippen molar-refractivity contribution < 1.29 is 51.0 Å². The Morgan fingerprint density at radius 2 is 1.75 bits per heavy atom. The van der Waals surface area contributed by atoms with Crippen molar-refractivity contribution in [3.63, 3.8) is 0 Å². The van der Waals surface area contributed by atoms with Crippen LogP contribution in [0.15, 0.2) is 36.5 Å². The van der Waals surface area contributed by atoms with Crippen LogP contribution in [0.3, 0.4) is 0 Å². The highest BCUT2D eigenvalue weighted by Gasteiger charge is 2.48. The number of piperidine rings is 1. The zero-order valence-electron chi connectivity index (χ0n) is 45.5. The highest BCUT2D eigenvalue weighted by molar-refractivity contribution is 5.97. The van der Waals surface area contributed by atoms with E-state index in [1.165, 1.54) is 33.3 Å². The number of rotatable bonds is 10. The summed E-state index contributed by atoms with van der Waals surface area (Å²) in [6.45, 7) is 11.1. The Labute approximate surface area is 441 Å². The molecule has 0 aliphatic carbocycles. The molecule has 0 spiro atoms. The highest BCUT2D eigenvalue weighted by atomic mass is 19.4. The molecule has 2 saturated heterocycles. The van der Waals surface area contributed by atoms with E-state index in [0.717, 1.165) is 4.90 Å². The van der Waals surface area contributed by atoms with E-state index >= 15 is 4.39 Å². The van der Waals surface area contributed by atoms with Gasteiger partial charge in [0.25, 0.3) is 17.7 Å². The van der Waals surface area contributed by atoms with Gasteiger partial charge in [-0.05, 0) is 102 Å². The highest BCUT2D eigenvalue weighted by Crippen LogP contribution is 2.43. The van der Waals surface area contributed by atoms with Crippen LogP contribution < -0.4 is 10.7 Å². The number of benzene rings is 1. The van der Waals surface area contributed by atoms with Crippen LogP contribution in [0.1, 0.15) is 97.3 Å². The second-order valence-corrected chi connectivity index (χ2v) is 22.1. The average Bonchev–Trinajstić information content (AvgIpc) is 3.87. The van der Waals surface area contributed by atoms with Crippen molar-refractivity contribution in [3.05, 3.63) is 53.6 Å². The maximum atomic E-state index is 16.8. The zero-order valence-corrected chi connectivity index (χ0v) is 45.5. The molecule has 22 heteroatoms. The summed E-state index contributed by atoms with van der Waals surface area (Å²) < 4.78 is 75.3. The molecule has 2 N–H and O–H groups in total. The summed E-state index contributed by atoms with van der Waals surface area (Å²) in [5.74, 6) is 1.93. The molecular formula is C54H71F4N11O7. The number of aryl methyl sites for hydroxylation is 1. The fourth-order valence-electron chi connectivity index (χ4n) is 10.1. The van der Waals surface area contributed by atoms with Crippen LogP contribution in [-0.4, -0.2) is 164 Å². The van der Waals surface area contributed by atoms with Crippen LogP contribution in [-0.2, 0) is 59.9 Å². The number of carbonyl (C=O) groups is 5. The maximum absolute atomic E-state index is 16.8. The molecule has 4 amide bonds. The Morgan fingerprint density at radius 3 is 2.39 bits per heavy atom. The summed E-state index contributed by atoms with van der Waals surface area (Å²) in [7, 11) is 8.14. The molecule has 412 valence electrons. The minimum atomic E-state index is -4.64. The van der Waals surface area contributed by atoms with E-state index in [9.17, 15) is 37.1 Å². The number of ether oxygens (including phenoxy) is 2. The van der Waals surface area contributed by atoms with Gasteiger partial charge in [0.1, 0.15) is 24.7 Å². The lowest BCUT2D eigenvalue weighted by atomic mass is 9.84. The van der Waals surface area contributed by atoms with Crippen LogP contribution >= 0.6 is 0 Å². The van der Waals surface area contributed by atoms with E-state index in [0.29, 0.717) is 46.4 Å². The van der Waals surface area contributed by atoms with E-state index < -0.39 is 89.1 Å². The van der Waals surface area contributed by atoms with Gasteiger partial charge >= 0.3 is 12.1 Å². The lowest BCUT2D eigenvalue weighted by Gasteiger charge is -2.40. The number of likely N-dealkylation sites (tertiary alicyclic amines) is 1. The molecular weight excluding hydrogens is 991 g/mol. The van der Waals surface area contributed by atoms with Crippen LogP contribution in [0.4, 0.5) is 17.6 Å². The number of methoxy groups -OCH3 is 1. The number of fused-ring (bicyclic) bond motifs is 6. The Balaban J connectivity index is 1.25. The van der Waals surface area contributed by atoms with Crippen molar-refractivity contribution in [1.82, 2.24) is 54.8 Å². The van der Waals surface area contributed by atoms with Crippen LogP contribution in [0.5, 0.6) is 0 Å². The van der Waals surface area contributed by atoms with Crippen molar-refractivity contribution in [3.8, 4) is 34.5 Å². The number of pyridine rings is 1. The number of esters is 1. The van der Waals surface area contributed by atoms with Crippen molar-refractivity contribution >= 4 is 40.5 Å². The van der Waals surface area contributed by atoms with Crippen LogP contribution in [0, 0.1) is 23.2 Å². The number of alkyl halides is 4. The van der Waals surface area contributed by atoms with Crippen molar-refractivity contribution in [1.29, 1.82) is 0 Å². The fourth-order valence-corrected chi connectivity index (χ4v) is 10.1. The van der Waals surface area contributed by atoms with Gasteiger partial charge in [-0.2, -0.15) is 18.3 Å². The second kappa shape index (κ2) is 22.3. The molecule has 4 atom stereocenters. The number of hydrazine groups is 1. The molecule has 1 aromatic carbocycles. The molecule has 3 aromatic heterocycles. The minimum Gasteiger partial charge on any atom is -0.464 e. The third-order valence-corrected chi connectivity index (χ3v) is 14.9. The van der Waals surface area contributed by atoms with Crippen LogP contribution in [0.25, 0.3) is 33.5 Å². The first-order valence-corrected chi connectivity index (χ1v) is 25.6. The number of likely N-dealkylation sites (N-methyl/N-ethyl adjacent to an activating group) is 1. The van der Waals surface area contributed by atoms with E-state index in [4.69, 9.17) is 14.5 Å². The third kappa shape index (κ3) is 12.4. The first-order chi connectivity index (χ1) is 35.5. The molecule has 76 heavy (non-hydrogen) atoms. The predicted octanol–water partition coefficient (Wildman–Crippen LogP) is 5.57. The normalized spacial score (nSPS) is 20.1. The Hall–Kier alpha value is -6.44. The number of aromatic nitrogens is 5. The fraction of sp³-hybridized carbons (Fsp3) is 0.593. The summed E-state index contributed by atoms with van der Waals surface area (Å²) in [5.41, 5.74) is 1.60. The molecule has 0 saturated carbocycles. The Morgan fingerprint density at radius 1 is 1.05 bits per heavy atom. The smallest absolute Gasteiger partial charge is 0.406 e. The third-order valence-electron chi connectivity index (χ3n) is 14.9. The van der Waals surface area contributed by atoms with Crippen molar-refractivity contribution in [2.24, 2.45) is 18.4 Å². The number of carbonyl (C=O) groups excluding carboxylic acids is 5. The van der Waals surface area contributed by atoms with Crippen LogP contribution in [0.2, 0.25) is 0 Å². The van der Waals surface area contributed by atoms with E-state index in [1.807, 2.05) is 46.7 Å². The summed E-state index contributed by atoms with van der Waals surface area (Å²) in [5, 5.41) is 9.21. The van der Waals surface area contributed by atoms with Gasteiger partial charge in [-0.3, -0.25) is 38.9 Å². The number of hydrogen-bond donors (Lipinski definition) is 2. The number of hydrogen-bond acceptors (Lipinski definition) is 12. The van der Waals surface area contributed by atoms with Gasteiger partial charge in [0.2, 0.25) is 5.91 Å². The Kier molecular flexibility index (Phi) is 16.8. The first kappa shape index (κ1) is 57.3. The molecule has 4 aromatic rings. The number of nitrogens with zero attached hydrogens (tertiary/aromatic N) is 9. The monoisotopic (exact) mass is 1060 g/mol. The molecule has 0 radical (unpaired) electrons. The molecule has 6 heterocycles. The van der Waals surface area contributed by atoms with Crippen molar-refractivity contribution in [2.45, 2.75) is 135 Å². The molecule has 6 bridgehead atoms. The second-order valence-electron chi connectivity index (χ2n) is 22.1. The number of cyclic esters (lactones) is 1. The van der Waals surface area contributed by atoms with Gasteiger partial charge in [-0.25, -0.2) is 19.5 Å². The minimum absolute atomic E-state index is 0.0728. The van der Waals surface area contributed by atoms with Gasteiger partial charge in [0, 0.05) is 93.7 Å². The molecule has 1 unspecified atom stereocenters. The Bertz CT molecular complexity index is 2910. The standard InChI is InChI=1S/C54H71F4N11O7/c1-32(2)44(65(10)50(74)53(55)21-25-67(26-22-53)42(70)19-20-52(6,7)64(8)9)47(71)60-39-28-41-61-46(66(11)63-41)34-17-18-40-36(27-34)37(29-51(4,5)31-76-49(73)38-16-14-24-69(62-38)48(39)72)45(68(40)30-54(56,57)58)35-15-13-23-59-43(35)33(3)75-12/h13,15,17-18,23,27,32-33,38-39,44,62H,14,16,21-22,24-26,28-31H2,1-12H3,(H,60,71)/t33-,38-,39-,44?/m0/s1. The van der Waals surface area contributed by atoms with E-state index in [2.05, 4.69) is 32.7 Å². The summed E-state index contributed by atoms with van der Waals surface area (Å²) in [6.07, 6.45) is -3.77. The topological polar surface area (TPSA) is 189 Å². The predicted molar refractivity (Wildman–Crippen MR) is 275 cm³/mol. The van der Waals surface area contributed by atoms with E-state index in [1.54, 1.807) is 64.3 Å². The number of nitrogens with one attached hydrogen (secondary N) is 2. The average molecular weight is 1060 g/mol. The molecule has 3 aliphatic heterocycles. The van der Waals surface area contributed by atoms with Crippen molar-refractivity contribution in [2.75, 3.05) is 54.5 Å². The van der Waals surface area contributed by atoms with Gasteiger partial charge in [0.15, 0.2) is 17.3 Å². The van der Waals surface area contributed by atoms with Gasteiger partial charge in [-0.1, -0.05) is 33.6 Å². The maximum Gasteiger partial charge on any atom is 0.406 e. The van der Waals surface area contributed by atoms with E-state index in [-0.39, 0.29) is 69.0 Å². The van der Waals surface area contributed by atoms with Gasteiger partial charge < -0.3 is 29.2 Å².